The molecule has 0 spiro atoms. The summed E-state index contributed by atoms with van der Waals surface area (Å²) in [6, 6.07) is 61.7. The Bertz CT molecular complexity index is 2980. The highest BCUT2D eigenvalue weighted by atomic mass is 15.1. The first kappa shape index (κ1) is 30.2. The molecule has 0 amide bonds. The molecule has 0 saturated carbocycles. The number of fused-ring (bicyclic) bond motifs is 7. The molecule has 0 saturated heterocycles. The van der Waals surface area contributed by atoms with E-state index in [2.05, 4.69) is 154 Å². The predicted octanol–water partition coefficient (Wildman–Crippen LogP) is 11.6. The Labute approximate surface area is 310 Å². The van der Waals surface area contributed by atoms with Gasteiger partial charge in [-0.15, -0.1) is 5.10 Å². The monoisotopic (exact) mass is 690 g/mol. The second-order valence-electron chi connectivity index (χ2n) is 13.6. The fraction of sp³-hybridized carbons (Fsp3) is 0. The van der Waals surface area contributed by atoms with Crippen LogP contribution in [0.25, 0.3) is 99.8 Å². The smallest absolute Gasteiger partial charge is 0.121 e. The summed E-state index contributed by atoms with van der Waals surface area (Å²) in [6.45, 7) is 0. The summed E-state index contributed by atoms with van der Waals surface area (Å²) >= 11 is 0. The Balaban J connectivity index is 1.24. The normalized spacial score (nSPS) is 11.7. The molecule has 6 nitrogen and oxygen atoms in total. The zero-order valence-electron chi connectivity index (χ0n) is 29.0. The number of rotatable bonds is 5. The van der Waals surface area contributed by atoms with E-state index in [9.17, 15) is 0 Å². The largest absolute Gasteiger partial charge is 0.309 e. The first-order chi connectivity index (χ1) is 26.8. The van der Waals surface area contributed by atoms with E-state index in [0.29, 0.717) is 16.7 Å². The quantitative estimate of drug-likeness (QED) is 0.180. The predicted molar refractivity (Wildman–Crippen MR) is 220 cm³/mol. The molecule has 6 heteroatoms. The van der Waals surface area contributed by atoms with E-state index >= 15 is 0 Å². The molecule has 0 unspecified atom stereocenters. The molecule has 4 heterocycles. The summed E-state index contributed by atoms with van der Waals surface area (Å²) in [5.74, 6) is 0. The molecule has 252 valence electrons. The van der Waals surface area contributed by atoms with Crippen LogP contribution in [0.15, 0.2) is 182 Å². The standard InChI is InChI=1S/C48H30N6/c1-3-15-31(16-4-1)45-46(32-17-5-2-6-18-32)51-48-40(50-45)30-49-52-47(48)33-27-34(53-41-23-11-7-19-36(41)37-20-8-12-24-42(37)53)29-35(28-33)54-43-25-13-9-21-38(43)39-22-10-14-26-44(39)54/h1-30H. The maximum Gasteiger partial charge on any atom is 0.121 e. The molecular formula is C48H30N6. The van der Waals surface area contributed by atoms with Gasteiger partial charge in [0.25, 0.3) is 0 Å². The Kier molecular flexibility index (Phi) is 6.75. The lowest BCUT2D eigenvalue weighted by molar-refractivity contribution is 1.04. The van der Waals surface area contributed by atoms with Crippen molar-refractivity contribution in [3.63, 3.8) is 0 Å². The highest BCUT2D eigenvalue weighted by molar-refractivity contribution is 6.11. The first-order valence-corrected chi connectivity index (χ1v) is 18.1. The lowest BCUT2D eigenvalue weighted by atomic mass is 10.0. The zero-order valence-corrected chi connectivity index (χ0v) is 29.0. The Morgan fingerprint density at radius 1 is 0.352 bits per heavy atom. The van der Waals surface area contributed by atoms with E-state index in [-0.39, 0.29) is 0 Å². The highest BCUT2D eigenvalue weighted by Crippen LogP contribution is 2.39. The van der Waals surface area contributed by atoms with Crippen LogP contribution in [0.5, 0.6) is 0 Å². The van der Waals surface area contributed by atoms with Gasteiger partial charge in [-0.2, -0.15) is 5.10 Å². The fourth-order valence-electron chi connectivity index (χ4n) is 8.08. The van der Waals surface area contributed by atoms with E-state index in [0.717, 1.165) is 61.5 Å². The fourth-order valence-corrected chi connectivity index (χ4v) is 8.08. The number of hydrogen-bond acceptors (Lipinski definition) is 4. The summed E-state index contributed by atoms with van der Waals surface area (Å²) in [7, 11) is 0. The van der Waals surface area contributed by atoms with Crippen molar-refractivity contribution in [2.45, 2.75) is 0 Å². The van der Waals surface area contributed by atoms with E-state index in [4.69, 9.17) is 15.1 Å². The van der Waals surface area contributed by atoms with E-state index in [1.807, 2.05) is 36.4 Å². The van der Waals surface area contributed by atoms with Crippen molar-refractivity contribution in [3.05, 3.63) is 182 Å². The van der Waals surface area contributed by atoms with E-state index in [1.165, 1.54) is 21.5 Å². The third kappa shape index (κ3) is 4.67. The van der Waals surface area contributed by atoms with E-state index in [1.54, 1.807) is 6.20 Å². The molecule has 0 aliphatic carbocycles. The van der Waals surface area contributed by atoms with Gasteiger partial charge < -0.3 is 9.13 Å². The lowest BCUT2D eigenvalue weighted by Gasteiger charge is -2.16. The van der Waals surface area contributed by atoms with Crippen LogP contribution in [0.2, 0.25) is 0 Å². The summed E-state index contributed by atoms with van der Waals surface area (Å²) in [4.78, 5) is 10.6. The minimum atomic E-state index is 0.668. The topological polar surface area (TPSA) is 61.4 Å². The van der Waals surface area contributed by atoms with Gasteiger partial charge >= 0.3 is 0 Å². The average molecular weight is 691 g/mol. The molecular weight excluding hydrogens is 661 g/mol. The first-order valence-electron chi connectivity index (χ1n) is 18.1. The van der Waals surface area contributed by atoms with Gasteiger partial charge in [-0.1, -0.05) is 133 Å². The Morgan fingerprint density at radius 2 is 0.759 bits per heavy atom. The van der Waals surface area contributed by atoms with Gasteiger partial charge in [-0.25, -0.2) is 9.97 Å². The van der Waals surface area contributed by atoms with Crippen molar-refractivity contribution in [3.8, 4) is 45.1 Å². The minimum Gasteiger partial charge on any atom is -0.309 e. The lowest BCUT2D eigenvalue weighted by Crippen LogP contribution is -2.02. The second-order valence-corrected chi connectivity index (χ2v) is 13.6. The number of hydrogen-bond donors (Lipinski definition) is 0. The van der Waals surface area contributed by atoms with Gasteiger partial charge in [0.1, 0.15) is 16.7 Å². The van der Waals surface area contributed by atoms with Crippen molar-refractivity contribution < 1.29 is 0 Å². The number of benzene rings is 7. The van der Waals surface area contributed by atoms with Crippen molar-refractivity contribution >= 4 is 54.6 Å². The highest BCUT2D eigenvalue weighted by Gasteiger charge is 2.21. The van der Waals surface area contributed by atoms with Gasteiger partial charge in [0, 0.05) is 49.6 Å². The van der Waals surface area contributed by atoms with Crippen molar-refractivity contribution in [1.82, 2.24) is 29.3 Å². The molecule has 0 bridgehead atoms. The summed E-state index contributed by atoms with van der Waals surface area (Å²) in [5.41, 5.74) is 13.1. The summed E-state index contributed by atoms with van der Waals surface area (Å²) in [5, 5.41) is 14.2. The molecule has 0 N–H and O–H groups in total. The molecule has 4 aromatic heterocycles. The second kappa shape index (κ2) is 12.1. The van der Waals surface area contributed by atoms with Gasteiger partial charge in [-0.3, -0.25) is 0 Å². The van der Waals surface area contributed by atoms with E-state index < -0.39 is 0 Å². The number of para-hydroxylation sites is 4. The van der Waals surface area contributed by atoms with Crippen LogP contribution in [0, 0.1) is 0 Å². The summed E-state index contributed by atoms with van der Waals surface area (Å²) in [6.07, 6.45) is 1.72. The van der Waals surface area contributed by atoms with Crippen molar-refractivity contribution in [1.29, 1.82) is 0 Å². The molecule has 0 radical (unpaired) electrons. The average Bonchev–Trinajstić information content (AvgIpc) is 3.77. The van der Waals surface area contributed by atoms with Crippen LogP contribution >= 0.6 is 0 Å². The molecule has 0 atom stereocenters. The Hall–Kier alpha value is -7.44. The van der Waals surface area contributed by atoms with Crippen LogP contribution in [0.4, 0.5) is 0 Å². The maximum atomic E-state index is 5.40. The minimum absolute atomic E-state index is 0.668. The van der Waals surface area contributed by atoms with Crippen molar-refractivity contribution in [2.75, 3.05) is 0 Å². The van der Waals surface area contributed by atoms with Crippen LogP contribution in [0.1, 0.15) is 0 Å². The van der Waals surface area contributed by atoms with Crippen molar-refractivity contribution in [2.24, 2.45) is 0 Å². The zero-order chi connectivity index (χ0) is 35.6. The number of aromatic nitrogens is 6. The molecule has 11 rings (SSSR count). The van der Waals surface area contributed by atoms with Gasteiger partial charge in [-0.05, 0) is 42.5 Å². The third-order valence-corrected chi connectivity index (χ3v) is 10.4. The Morgan fingerprint density at radius 3 is 1.22 bits per heavy atom. The maximum absolute atomic E-state index is 5.40. The molecule has 0 aliphatic heterocycles. The van der Waals surface area contributed by atoms with Crippen LogP contribution in [-0.2, 0) is 0 Å². The van der Waals surface area contributed by atoms with Crippen LogP contribution < -0.4 is 0 Å². The third-order valence-electron chi connectivity index (χ3n) is 10.4. The summed E-state index contributed by atoms with van der Waals surface area (Å²) < 4.78 is 4.72. The molecule has 7 aromatic carbocycles. The molecule has 11 aromatic rings. The van der Waals surface area contributed by atoms with Crippen LogP contribution in [0.3, 0.4) is 0 Å². The number of nitrogens with zero attached hydrogens (tertiary/aromatic N) is 6. The molecule has 54 heavy (non-hydrogen) atoms. The van der Waals surface area contributed by atoms with Gasteiger partial charge in [0.05, 0.1) is 39.7 Å². The molecule has 0 aliphatic rings. The molecule has 0 fully saturated rings. The van der Waals surface area contributed by atoms with Gasteiger partial charge in [0.2, 0.25) is 0 Å². The SMILES string of the molecule is c1ccc(-c2nc3cnnc(-c4cc(-n5c6ccccc6c6ccccc65)cc(-n5c6ccccc6c6ccccc65)c4)c3nc2-c2ccccc2)cc1. The van der Waals surface area contributed by atoms with Gasteiger partial charge in [0.15, 0.2) is 0 Å². The van der Waals surface area contributed by atoms with Crippen LogP contribution in [-0.4, -0.2) is 29.3 Å².